The van der Waals surface area contributed by atoms with Gasteiger partial charge >= 0.3 is 0 Å². The molecular formula is C17H22N2O4S. The van der Waals surface area contributed by atoms with Crippen LogP contribution >= 0.6 is 0 Å². The molecule has 0 unspecified atom stereocenters. The summed E-state index contributed by atoms with van der Waals surface area (Å²) in [6.45, 7) is 5.18. The molecule has 130 valence electrons. The number of amides is 1. The van der Waals surface area contributed by atoms with Crippen molar-refractivity contribution >= 4 is 26.7 Å². The molecule has 1 aliphatic rings. The minimum atomic E-state index is -3.29. The monoisotopic (exact) mass is 350 g/mol. The second-order valence-corrected chi connectivity index (χ2v) is 8.80. The molecule has 1 aliphatic heterocycles. The number of para-hydroxylation sites is 1. The third-order valence-corrected chi connectivity index (χ3v) is 4.96. The van der Waals surface area contributed by atoms with Crippen LogP contribution in [0.2, 0.25) is 0 Å². The normalized spacial score (nSPS) is 22.0. The highest BCUT2D eigenvalue weighted by Gasteiger charge is 2.31. The predicted molar refractivity (Wildman–Crippen MR) is 92.7 cm³/mol. The number of nitrogens with zero attached hydrogens (tertiary/aromatic N) is 1. The first-order valence-corrected chi connectivity index (χ1v) is 10.0. The van der Waals surface area contributed by atoms with E-state index in [4.69, 9.17) is 4.42 Å². The van der Waals surface area contributed by atoms with Gasteiger partial charge in [-0.25, -0.2) is 8.42 Å². The molecule has 0 bridgehead atoms. The van der Waals surface area contributed by atoms with Crippen molar-refractivity contribution in [2.45, 2.75) is 31.7 Å². The molecule has 1 saturated heterocycles. The van der Waals surface area contributed by atoms with Crippen molar-refractivity contribution in [2.75, 3.05) is 19.3 Å². The highest BCUT2D eigenvalue weighted by atomic mass is 32.2. The summed E-state index contributed by atoms with van der Waals surface area (Å²) in [7, 11) is -3.29. The van der Waals surface area contributed by atoms with E-state index in [1.54, 1.807) is 23.1 Å². The van der Waals surface area contributed by atoms with E-state index in [2.05, 4.69) is 5.32 Å². The van der Waals surface area contributed by atoms with Crippen molar-refractivity contribution in [1.29, 1.82) is 0 Å². The third-order valence-electron chi connectivity index (χ3n) is 4.14. The van der Waals surface area contributed by atoms with Crippen LogP contribution in [0.3, 0.4) is 0 Å². The fourth-order valence-corrected chi connectivity index (χ4v) is 4.12. The van der Waals surface area contributed by atoms with Gasteiger partial charge in [0.1, 0.15) is 5.58 Å². The number of carbonyl (C=O) groups excluding carboxylic acids is 1. The number of furan rings is 1. The summed E-state index contributed by atoms with van der Waals surface area (Å²) in [5.74, 6) is -0.310. The zero-order valence-electron chi connectivity index (χ0n) is 14.1. The first-order chi connectivity index (χ1) is 11.2. The molecule has 1 amide bonds. The number of hydrogen-bond donors (Lipinski definition) is 1. The van der Waals surface area contributed by atoms with Gasteiger partial charge in [0, 0.05) is 42.4 Å². The van der Waals surface area contributed by atoms with E-state index in [1.807, 2.05) is 19.9 Å². The van der Waals surface area contributed by atoms with Gasteiger partial charge in [-0.15, -0.1) is 0 Å². The lowest BCUT2D eigenvalue weighted by Crippen LogP contribution is -2.55. The second-order valence-electron chi connectivity index (χ2n) is 6.65. The second kappa shape index (κ2) is 6.22. The Kier molecular flexibility index (Phi) is 4.40. The molecule has 7 heteroatoms. The van der Waals surface area contributed by atoms with E-state index in [0.29, 0.717) is 29.6 Å². The van der Waals surface area contributed by atoms with Crippen molar-refractivity contribution in [2.24, 2.45) is 0 Å². The van der Waals surface area contributed by atoms with Crippen LogP contribution in [0.4, 0.5) is 0 Å². The number of benzene rings is 1. The molecule has 1 aromatic heterocycles. The molecule has 24 heavy (non-hydrogen) atoms. The topological polar surface area (TPSA) is 79.6 Å². The van der Waals surface area contributed by atoms with Crippen LogP contribution in [0.15, 0.2) is 28.7 Å². The molecule has 1 N–H and O–H groups in total. The average molecular weight is 350 g/mol. The molecule has 2 atom stereocenters. The van der Waals surface area contributed by atoms with Crippen LogP contribution in [0, 0.1) is 0 Å². The molecule has 0 spiro atoms. The number of hydrogen-bond acceptors (Lipinski definition) is 5. The number of piperazine rings is 1. The van der Waals surface area contributed by atoms with Gasteiger partial charge in [0.05, 0.1) is 5.75 Å². The highest BCUT2D eigenvalue weighted by molar-refractivity contribution is 7.89. The lowest BCUT2D eigenvalue weighted by atomic mass is 10.1. The van der Waals surface area contributed by atoms with Crippen LogP contribution in [0.5, 0.6) is 0 Å². The summed E-state index contributed by atoms with van der Waals surface area (Å²) < 4.78 is 29.4. The number of fused-ring (bicyclic) bond motifs is 1. The number of nitrogens with one attached hydrogen (secondary N) is 1. The third kappa shape index (κ3) is 3.47. The molecule has 2 aromatic rings. The zero-order valence-corrected chi connectivity index (χ0v) is 14.9. The summed E-state index contributed by atoms with van der Waals surface area (Å²) in [5.41, 5.74) is 0.993. The molecule has 0 aliphatic carbocycles. The largest absolute Gasteiger partial charge is 0.451 e. The van der Waals surface area contributed by atoms with Crippen LogP contribution in [0.1, 0.15) is 30.0 Å². The smallest absolute Gasteiger partial charge is 0.290 e. The quantitative estimate of drug-likeness (QED) is 0.913. The summed E-state index contributed by atoms with van der Waals surface area (Å²) in [6.07, 6.45) is 1.16. The average Bonchev–Trinajstić information content (AvgIpc) is 2.82. The number of carbonyl (C=O) groups is 1. The van der Waals surface area contributed by atoms with E-state index < -0.39 is 9.84 Å². The van der Waals surface area contributed by atoms with E-state index in [0.717, 1.165) is 6.26 Å². The molecule has 2 heterocycles. The highest BCUT2D eigenvalue weighted by Crippen LogP contribution is 2.29. The SMILES string of the molecule is C[C@@H]1CN(C(=O)c2oc3ccccc3c2CS(C)(=O)=O)C[C@@H](C)N1. The van der Waals surface area contributed by atoms with E-state index in [-0.39, 0.29) is 29.5 Å². The standard InChI is InChI=1S/C17H22N2O4S/c1-11-8-19(9-12(2)18-11)17(20)16-14(10-24(3,21)22)13-6-4-5-7-15(13)23-16/h4-7,11-12,18H,8-10H2,1-3H3/t11-,12-/m1/s1. The van der Waals surface area contributed by atoms with Crippen LogP contribution in [0.25, 0.3) is 11.0 Å². The predicted octanol–water partition coefficient (Wildman–Crippen LogP) is 1.80. The first-order valence-electron chi connectivity index (χ1n) is 7.98. The van der Waals surface area contributed by atoms with Gasteiger partial charge in [-0.1, -0.05) is 18.2 Å². The summed E-state index contributed by atoms with van der Waals surface area (Å²) in [6, 6.07) is 7.52. The Bertz CT molecular complexity index is 862. The lowest BCUT2D eigenvalue weighted by Gasteiger charge is -2.35. The van der Waals surface area contributed by atoms with Gasteiger partial charge in [-0.05, 0) is 19.9 Å². The van der Waals surface area contributed by atoms with Gasteiger partial charge in [-0.2, -0.15) is 0 Å². The Morgan fingerprint density at radius 1 is 1.25 bits per heavy atom. The number of sulfone groups is 1. The Balaban J connectivity index is 2.04. The zero-order chi connectivity index (χ0) is 17.5. The summed E-state index contributed by atoms with van der Waals surface area (Å²) in [5, 5.41) is 4.06. The molecule has 1 aromatic carbocycles. The van der Waals surface area contributed by atoms with E-state index in [1.165, 1.54) is 0 Å². The van der Waals surface area contributed by atoms with Gasteiger partial charge in [-0.3, -0.25) is 4.79 Å². The molecule has 3 rings (SSSR count). The summed E-state index contributed by atoms with van der Waals surface area (Å²) in [4.78, 5) is 14.7. The van der Waals surface area contributed by atoms with Gasteiger partial charge in [0.2, 0.25) is 0 Å². The maximum Gasteiger partial charge on any atom is 0.290 e. The Hall–Kier alpha value is -1.86. The van der Waals surface area contributed by atoms with Gasteiger partial charge in [0.25, 0.3) is 5.91 Å². The summed E-state index contributed by atoms with van der Waals surface area (Å²) >= 11 is 0. The molecular weight excluding hydrogens is 328 g/mol. The van der Waals surface area contributed by atoms with Crippen molar-refractivity contribution in [3.8, 4) is 0 Å². The minimum Gasteiger partial charge on any atom is -0.451 e. The number of rotatable bonds is 3. The fourth-order valence-electron chi connectivity index (χ4n) is 3.31. The van der Waals surface area contributed by atoms with Crippen molar-refractivity contribution in [1.82, 2.24) is 10.2 Å². The molecule has 1 fully saturated rings. The van der Waals surface area contributed by atoms with Crippen molar-refractivity contribution in [3.63, 3.8) is 0 Å². The minimum absolute atomic E-state index is 0.142. The van der Waals surface area contributed by atoms with Crippen LogP contribution < -0.4 is 5.32 Å². The Morgan fingerprint density at radius 3 is 2.50 bits per heavy atom. The van der Waals surface area contributed by atoms with E-state index >= 15 is 0 Å². The van der Waals surface area contributed by atoms with E-state index in [9.17, 15) is 13.2 Å². The van der Waals surface area contributed by atoms with Crippen molar-refractivity contribution < 1.29 is 17.6 Å². The molecule has 0 saturated carbocycles. The Labute approximate surface area is 141 Å². The van der Waals surface area contributed by atoms with Crippen molar-refractivity contribution in [3.05, 3.63) is 35.6 Å². The molecule has 0 radical (unpaired) electrons. The maximum atomic E-state index is 13.0. The van der Waals surface area contributed by atoms with Gasteiger partial charge in [0.15, 0.2) is 15.6 Å². The van der Waals surface area contributed by atoms with Crippen LogP contribution in [-0.2, 0) is 15.6 Å². The fraction of sp³-hybridized carbons (Fsp3) is 0.471. The lowest BCUT2D eigenvalue weighted by molar-refractivity contribution is 0.0643. The van der Waals surface area contributed by atoms with Crippen LogP contribution in [-0.4, -0.2) is 50.7 Å². The molecule has 6 nitrogen and oxygen atoms in total. The maximum absolute atomic E-state index is 13.0. The van der Waals surface area contributed by atoms with Gasteiger partial charge < -0.3 is 14.6 Å². The Morgan fingerprint density at radius 2 is 1.88 bits per heavy atom. The first kappa shape index (κ1) is 17.0.